The van der Waals surface area contributed by atoms with Crippen LogP contribution in [0.25, 0.3) is 0 Å². The van der Waals surface area contributed by atoms with Gasteiger partial charge < -0.3 is 38.4 Å². The van der Waals surface area contributed by atoms with E-state index >= 15 is 0 Å². The Bertz CT molecular complexity index is 456. The normalized spacial score (nSPS) is 11.5. The van der Waals surface area contributed by atoms with Gasteiger partial charge in [0.1, 0.15) is 0 Å². The molecular weight excluding hydrogens is 720 g/mol. The Kier molecular flexibility index (Phi) is 54.6. The molecule has 0 aliphatic heterocycles. The predicted octanol–water partition coefficient (Wildman–Crippen LogP) is 10.3. The van der Waals surface area contributed by atoms with Crippen molar-refractivity contribution in [2.45, 2.75) is 261 Å². The lowest BCUT2D eigenvalue weighted by Crippen LogP contribution is -3.00. The van der Waals surface area contributed by atoms with Crippen molar-refractivity contribution < 1.29 is 38.4 Å². The van der Waals surface area contributed by atoms with E-state index in [1.165, 1.54) is 267 Å². The van der Waals surface area contributed by atoms with E-state index in [9.17, 15) is 0 Å². The molecular formula is C48H104BrClN2. The van der Waals surface area contributed by atoms with Crippen LogP contribution >= 0.6 is 0 Å². The first kappa shape index (κ1) is 59.4. The molecule has 0 bridgehead atoms. The van der Waals surface area contributed by atoms with Crippen LogP contribution in [-0.4, -0.2) is 61.3 Å². The molecule has 0 radical (unpaired) electrons. The summed E-state index contributed by atoms with van der Waals surface area (Å²) in [5, 5.41) is 0. The van der Waals surface area contributed by atoms with Crippen molar-refractivity contribution in [2.75, 3.05) is 52.4 Å². The second kappa shape index (κ2) is 47.8. The van der Waals surface area contributed by atoms with Crippen LogP contribution in [0.3, 0.4) is 0 Å². The van der Waals surface area contributed by atoms with Crippen LogP contribution in [0.4, 0.5) is 0 Å². The quantitative estimate of drug-likeness (QED) is 0.0427. The second-order valence-corrected chi connectivity index (χ2v) is 17.0. The highest BCUT2D eigenvalue weighted by molar-refractivity contribution is 4.55. The molecule has 0 heterocycles. The average Bonchev–Trinajstić information content (AvgIpc) is 3.13. The van der Waals surface area contributed by atoms with Gasteiger partial charge in [-0.3, -0.25) is 0 Å². The molecule has 0 saturated heterocycles. The predicted molar refractivity (Wildman–Crippen MR) is 233 cm³/mol. The molecule has 320 valence electrons. The fourth-order valence-electron chi connectivity index (χ4n) is 8.33. The minimum absolute atomic E-state index is 0. The van der Waals surface area contributed by atoms with E-state index in [-0.39, 0.29) is 29.4 Å². The van der Waals surface area contributed by atoms with Gasteiger partial charge in [0, 0.05) is 0 Å². The summed E-state index contributed by atoms with van der Waals surface area (Å²) in [6.07, 6.45) is 45.7. The Morgan fingerprint density at radius 1 is 0.192 bits per heavy atom. The smallest absolute Gasteiger partial charge is 0.0786 e. The molecule has 0 N–H and O–H groups in total. The summed E-state index contributed by atoms with van der Waals surface area (Å²) in [5.74, 6) is 0. The highest BCUT2D eigenvalue weighted by Gasteiger charge is 2.27. The van der Waals surface area contributed by atoms with Gasteiger partial charge in [0.05, 0.1) is 52.4 Å². The minimum Gasteiger partial charge on any atom is -1.00 e. The Balaban J connectivity index is -0.000000427. The highest BCUT2D eigenvalue weighted by Crippen LogP contribution is 2.21. The zero-order valence-corrected chi connectivity index (χ0v) is 40.3. The van der Waals surface area contributed by atoms with Crippen LogP contribution in [0.1, 0.15) is 261 Å². The van der Waals surface area contributed by atoms with Gasteiger partial charge in [0.15, 0.2) is 0 Å². The largest absolute Gasteiger partial charge is 1.00 e. The van der Waals surface area contributed by atoms with Gasteiger partial charge >= 0.3 is 0 Å². The summed E-state index contributed by atoms with van der Waals surface area (Å²) in [6, 6.07) is 0. The zero-order chi connectivity index (χ0) is 37.3. The van der Waals surface area contributed by atoms with Crippen molar-refractivity contribution in [2.24, 2.45) is 0 Å². The number of nitrogens with zero attached hydrogens (tertiary/aromatic N) is 2. The second-order valence-electron chi connectivity index (χ2n) is 17.0. The van der Waals surface area contributed by atoms with Crippen LogP contribution in [0.15, 0.2) is 0 Å². The Hall–Kier alpha value is 0.690. The molecule has 0 fully saturated rings. The molecule has 0 aliphatic carbocycles. The van der Waals surface area contributed by atoms with E-state index in [4.69, 9.17) is 0 Å². The maximum atomic E-state index is 2.34. The van der Waals surface area contributed by atoms with Gasteiger partial charge in [-0.25, -0.2) is 0 Å². The number of rotatable bonds is 40. The maximum Gasteiger partial charge on any atom is 0.0786 e. The van der Waals surface area contributed by atoms with E-state index in [1.54, 1.807) is 0 Å². The Labute approximate surface area is 350 Å². The van der Waals surface area contributed by atoms with Gasteiger partial charge in [-0.05, 0) is 103 Å². The van der Waals surface area contributed by atoms with Crippen LogP contribution in [0.2, 0.25) is 0 Å². The standard InChI is InChI=1S/2C24H52N.BrH.ClH/c2*1-5-9-13-17-21-25(22-18-14-10-6-2,23-19-15-11-7-3)24-20-16-12-8-4;;/h2*5-24H2,1-4H3;2*1H/q2*+1;;/p-2. The van der Waals surface area contributed by atoms with Crippen LogP contribution in [-0.2, 0) is 0 Å². The number of hydrogen-bond donors (Lipinski definition) is 0. The average molecular weight is 825 g/mol. The molecule has 0 aromatic carbocycles. The number of halogens is 2. The molecule has 4 heteroatoms. The van der Waals surface area contributed by atoms with Crippen molar-refractivity contribution in [3.8, 4) is 0 Å². The monoisotopic (exact) mass is 823 g/mol. The van der Waals surface area contributed by atoms with E-state index in [0.717, 1.165) is 0 Å². The Morgan fingerprint density at radius 3 is 0.404 bits per heavy atom. The summed E-state index contributed by atoms with van der Waals surface area (Å²) in [5.41, 5.74) is 0. The molecule has 0 atom stereocenters. The molecule has 0 aromatic rings. The third kappa shape index (κ3) is 38.9. The first-order valence-electron chi connectivity index (χ1n) is 24.2. The minimum atomic E-state index is 0. The summed E-state index contributed by atoms with van der Waals surface area (Å²) in [4.78, 5) is 0. The molecule has 0 rings (SSSR count). The molecule has 0 amide bonds. The van der Waals surface area contributed by atoms with Crippen molar-refractivity contribution >= 4 is 0 Å². The first-order valence-corrected chi connectivity index (χ1v) is 24.2. The fraction of sp³-hybridized carbons (Fsp3) is 1.00. The third-order valence-electron chi connectivity index (χ3n) is 11.9. The molecule has 0 aliphatic rings. The van der Waals surface area contributed by atoms with Gasteiger partial charge in [-0.2, -0.15) is 0 Å². The van der Waals surface area contributed by atoms with Crippen molar-refractivity contribution in [3.63, 3.8) is 0 Å². The first-order chi connectivity index (χ1) is 24.5. The third-order valence-corrected chi connectivity index (χ3v) is 11.9. The van der Waals surface area contributed by atoms with Crippen LogP contribution < -0.4 is 29.4 Å². The summed E-state index contributed by atoms with van der Waals surface area (Å²) < 4.78 is 2.92. The molecule has 52 heavy (non-hydrogen) atoms. The molecule has 0 saturated carbocycles. The Morgan fingerprint density at radius 2 is 0.308 bits per heavy atom. The SMILES string of the molecule is CCCCCC[N+](CCCCCC)(CCCCCC)CCCCCC.CCCCCC[N+](CCCCCC)(CCCCCC)CCCCCC.[Br-].[Cl-]. The van der Waals surface area contributed by atoms with E-state index in [2.05, 4.69) is 55.4 Å². The maximum absolute atomic E-state index is 2.34. The highest BCUT2D eigenvalue weighted by atomic mass is 79.9. The number of quaternary nitrogens is 2. The molecule has 2 nitrogen and oxygen atoms in total. The lowest BCUT2D eigenvalue weighted by atomic mass is 10.1. The summed E-state index contributed by atoms with van der Waals surface area (Å²) >= 11 is 0. The lowest BCUT2D eigenvalue weighted by Gasteiger charge is -2.39. The topological polar surface area (TPSA) is 0 Å². The number of hydrogen-bond acceptors (Lipinski definition) is 0. The lowest BCUT2D eigenvalue weighted by molar-refractivity contribution is -0.929. The molecule has 0 aromatic heterocycles. The molecule has 0 unspecified atom stereocenters. The van der Waals surface area contributed by atoms with Crippen molar-refractivity contribution in [1.82, 2.24) is 0 Å². The zero-order valence-electron chi connectivity index (χ0n) is 37.9. The van der Waals surface area contributed by atoms with E-state index < -0.39 is 0 Å². The fourth-order valence-corrected chi connectivity index (χ4v) is 8.33. The van der Waals surface area contributed by atoms with Gasteiger partial charge in [-0.1, -0.05) is 158 Å². The van der Waals surface area contributed by atoms with Gasteiger partial charge in [0.25, 0.3) is 0 Å². The number of unbranched alkanes of at least 4 members (excludes halogenated alkanes) is 24. The van der Waals surface area contributed by atoms with Crippen LogP contribution in [0.5, 0.6) is 0 Å². The molecule has 0 spiro atoms. The van der Waals surface area contributed by atoms with Gasteiger partial charge in [0.2, 0.25) is 0 Å². The summed E-state index contributed by atoms with van der Waals surface area (Å²) in [7, 11) is 0. The summed E-state index contributed by atoms with van der Waals surface area (Å²) in [6.45, 7) is 30.4. The van der Waals surface area contributed by atoms with Crippen molar-refractivity contribution in [1.29, 1.82) is 0 Å². The van der Waals surface area contributed by atoms with Crippen molar-refractivity contribution in [3.05, 3.63) is 0 Å². The van der Waals surface area contributed by atoms with Crippen LogP contribution in [0, 0.1) is 0 Å². The van der Waals surface area contributed by atoms with Gasteiger partial charge in [-0.15, -0.1) is 0 Å². The van der Waals surface area contributed by atoms with E-state index in [0.29, 0.717) is 0 Å². The van der Waals surface area contributed by atoms with E-state index in [1.807, 2.05) is 0 Å².